The second-order valence-corrected chi connectivity index (χ2v) is 4.93. The molecule has 2 aromatic rings. The van der Waals surface area contributed by atoms with E-state index in [0.29, 0.717) is 16.5 Å². The summed E-state index contributed by atoms with van der Waals surface area (Å²) in [7, 11) is -3.98. The minimum absolute atomic E-state index is 0.0310. The number of nitrogens with zero attached hydrogens (tertiary/aromatic N) is 2. The Morgan fingerprint density at radius 2 is 1.72 bits per heavy atom. The van der Waals surface area contributed by atoms with E-state index in [9.17, 15) is 8.42 Å². The molecule has 2 rings (SSSR count). The molecule has 7 nitrogen and oxygen atoms in total. The number of hydrogen-bond acceptors (Lipinski definition) is 6. The molecule has 0 aromatic heterocycles. The second kappa shape index (κ2) is 4.69. The summed E-state index contributed by atoms with van der Waals surface area (Å²) in [4.78, 5) is -0.0310. The molecular formula is C10H10N4O3S. The third kappa shape index (κ3) is 2.04. The van der Waals surface area contributed by atoms with Crippen LogP contribution in [0.25, 0.3) is 10.8 Å². The maximum absolute atomic E-state index is 11.7. The van der Waals surface area contributed by atoms with Crippen LogP contribution in [-0.4, -0.2) is 8.42 Å². The molecule has 0 aliphatic carbocycles. The lowest BCUT2D eigenvalue weighted by molar-refractivity contribution is 0.333. The second-order valence-electron chi connectivity index (χ2n) is 3.39. The Hall–Kier alpha value is -2.03. The molecule has 2 aromatic carbocycles. The topological polar surface area (TPSA) is 120 Å². The van der Waals surface area contributed by atoms with Crippen LogP contribution in [-0.2, 0) is 14.4 Å². The molecule has 0 unspecified atom stereocenters. The summed E-state index contributed by atoms with van der Waals surface area (Å²) in [5.74, 6) is 9.77. The van der Waals surface area contributed by atoms with Crippen molar-refractivity contribution in [1.82, 2.24) is 0 Å². The van der Waals surface area contributed by atoms with Crippen molar-refractivity contribution in [3.05, 3.63) is 36.4 Å². The number of benzene rings is 2. The Bertz CT molecular complexity index is 712. The van der Waals surface area contributed by atoms with E-state index in [0.717, 1.165) is 0 Å². The molecular weight excluding hydrogens is 256 g/mol. The minimum Gasteiger partial charge on any atom is -0.305 e. The number of nitrogens with two attached hydrogens (primary N) is 2. The summed E-state index contributed by atoms with van der Waals surface area (Å²) < 4.78 is 27.3. The molecule has 0 aliphatic rings. The molecule has 0 amide bonds. The molecule has 4 N–H and O–H groups in total. The molecule has 0 radical (unpaired) electrons. The lowest BCUT2D eigenvalue weighted by Crippen LogP contribution is -2.11. The van der Waals surface area contributed by atoms with Crippen molar-refractivity contribution in [3.63, 3.8) is 0 Å². The predicted molar refractivity (Wildman–Crippen MR) is 65.1 cm³/mol. The Kier molecular flexibility index (Phi) is 3.24. The number of fused-ring (bicyclic) bond motifs is 1. The monoisotopic (exact) mass is 266 g/mol. The van der Waals surface area contributed by atoms with E-state index in [4.69, 9.17) is 11.7 Å². The van der Waals surface area contributed by atoms with E-state index in [2.05, 4.69) is 14.6 Å². The van der Waals surface area contributed by atoms with Crippen molar-refractivity contribution >= 4 is 26.6 Å². The van der Waals surface area contributed by atoms with Gasteiger partial charge in [-0.15, -0.1) is 5.11 Å². The van der Waals surface area contributed by atoms with E-state index in [1.54, 1.807) is 24.3 Å². The largest absolute Gasteiger partial charge is 0.313 e. The van der Waals surface area contributed by atoms with Gasteiger partial charge in [-0.2, -0.15) is 18.6 Å². The molecule has 0 fully saturated rings. The Morgan fingerprint density at radius 3 is 2.33 bits per heavy atom. The van der Waals surface area contributed by atoms with Gasteiger partial charge in [0, 0.05) is 10.8 Å². The van der Waals surface area contributed by atoms with Crippen molar-refractivity contribution in [3.8, 4) is 0 Å². The molecule has 0 heterocycles. The highest BCUT2D eigenvalue weighted by atomic mass is 32.2. The molecule has 94 valence electrons. The van der Waals surface area contributed by atoms with E-state index >= 15 is 0 Å². The molecule has 8 heteroatoms. The fraction of sp³-hybridized carbons (Fsp3) is 0. The van der Waals surface area contributed by atoms with Crippen LogP contribution in [0.1, 0.15) is 0 Å². The van der Waals surface area contributed by atoms with Crippen LogP contribution in [0.3, 0.4) is 0 Å². The first-order valence-corrected chi connectivity index (χ1v) is 6.27. The van der Waals surface area contributed by atoms with Gasteiger partial charge in [-0.25, -0.2) is 0 Å². The average Bonchev–Trinajstić information content (AvgIpc) is 2.39. The summed E-state index contributed by atoms with van der Waals surface area (Å²) in [6.45, 7) is 0. The Morgan fingerprint density at radius 1 is 1.06 bits per heavy atom. The van der Waals surface area contributed by atoms with Crippen molar-refractivity contribution in [1.29, 1.82) is 0 Å². The Balaban J connectivity index is 2.85. The standard InChI is InChI=1S/C10H10N4O3S/c11-14-13-9-5-6-10(18(15,16)17-12)8-4-2-1-3-7(8)9/h1-6H,12H2,(H2,11,13). The highest BCUT2D eigenvalue weighted by molar-refractivity contribution is 7.87. The fourth-order valence-corrected chi connectivity index (χ4v) is 2.46. The van der Waals surface area contributed by atoms with Gasteiger partial charge in [0.2, 0.25) is 0 Å². The van der Waals surface area contributed by atoms with Gasteiger partial charge in [-0.1, -0.05) is 29.5 Å². The maximum Gasteiger partial charge on any atom is 0.313 e. The smallest absolute Gasteiger partial charge is 0.305 e. The van der Waals surface area contributed by atoms with Gasteiger partial charge in [0.05, 0.1) is 5.69 Å². The molecule has 0 saturated heterocycles. The lowest BCUT2D eigenvalue weighted by atomic mass is 10.1. The highest BCUT2D eigenvalue weighted by Gasteiger charge is 2.18. The van der Waals surface area contributed by atoms with Crippen molar-refractivity contribution in [2.75, 3.05) is 0 Å². The molecule has 0 saturated carbocycles. The first kappa shape index (κ1) is 12.4. The van der Waals surface area contributed by atoms with E-state index in [1.165, 1.54) is 12.1 Å². The SMILES string of the molecule is NN=Nc1ccc(S(=O)(=O)ON)c2ccccc12. The van der Waals surface area contributed by atoms with Gasteiger partial charge in [-0.05, 0) is 12.1 Å². The van der Waals surface area contributed by atoms with Crippen LogP contribution in [0.5, 0.6) is 0 Å². The van der Waals surface area contributed by atoms with Crippen molar-refractivity contribution < 1.29 is 12.7 Å². The first-order chi connectivity index (χ1) is 8.60. The van der Waals surface area contributed by atoms with Gasteiger partial charge >= 0.3 is 10.1 Å². The third-order valence-corrected chi connectivity index (χ3v) is 3.57. The zero-order valence-electron chi connectivity index (χ0n) is 9.15. The van der Waals surface area contributed by atoms with Crippen LogP contribution in [0, 0.1) is 0 Å². The normalized spacial score (nSPS) is 12.3. The van der Waals surface area contributed by atoms with Crippen LogP contribution in [0.2, 0.25) is 0 Å². The van der Waals surface area contributed by atoms with Gasteiger partial charge in [0.25, 0.3) is 0 Å². The van der Waals surface area contributed by atoms with E-state index in [-0.39, 0.29) is 4.90 Å². The summed E-state index contributed by atoms with van der Waals surface area (Å²) in [5.41, 5.74) is 0.462. The van der Waals surface area contributed by atoms with Crippen molar-refractivity contribution in [2.24, 2.45) is 22.1 Å². The number of rotatable bonds is 3. The van der Waals surface area contributed by atoms with Gasteiger partial charge in [-0.3, -0.25) is 0 Å². The van der Waals surface area contributed by atoms with E-state index < -0.39 is 10.1 Å². The van der Waals surface area contributed by atoms with Crippen LogP contribution in [0.15, 0.2) is 51.6 Å². The zero-order valence-corrected chi connectivity index (χ0v) is 9.96. The molecule has 0 spiro atoms. The summed E-state index contributed by atoms with van der Waals surface area (Å²) in [5, 5.41) is 7.93. The molecule has 0 bridgehead atoms. The van der Waals surface area contributed by atoms with Crippen LogP contribution >= 0.6 is 0 Å². The average molecular weight is 266 g/mol. The van der Waals surface area contributed by atoms with Crippen LogP contribution in [0.4, 0.5) is 5.69 Å². The van der Waals surface area contributed by atoms with Crippen molar-refractivity contribution in [2.45, 2.75) is 4.90 Å². The Labute approximate surface area is 103 Å². The quantitative estimate of drug-likeness (QED) is 0.494. The van der Waals surface area contributed by atoms with Gasteiger partial charge in [0.1, 0.15) is 4.90 Å². The first-order valence-electron chi connectivity index (χ1n) is 4.86. The predicted octanol–water partition coefficient (Wildman–Crippen LogP) is 1.38. The summed E-state index contributed by atoms with van der Waals surface area (Å²) in [6.07, 6.45) is 0. The number of hydrogen-bond donors (Lipinski definition) is 2. The zero-order chi connectivity index (χ0) is 13.2. The van der Waals surface area contributed by atoms with Crippen LogP contribution < -0.4 is 11.7 Å². The maximum atomic E-state index is 11.7. The highest BCUT2D eigenvalue weighted by Crippen LogP contribution is 2.31. The summed E-state index contributed by atoms with van der Waals surface area (Å²) >= 11 is 0. The third-order valence-electron chi connectivity index (χ3n) is 2.42. The fourth-order valence-electron chi connectivity index (χ4n) is 1.67. The lowest BCUT2D eigenvalue weighted by Gasteiger charge is -2.07. The van der Waals surface area contributed by atoms with Gasteiger partial charge < -0.3 is 5.84 Å². The molecule has 18 heavy (non-hydrogen) atoms. The molecule has 0 atom stereocenters. The summed E-state index contributed by atoms with van der Waals surface area (Å²) in [6, 6.07) is 9.59. The van der Waals surface area contributed by atoms with Gasteiger partial charge in [0.15, 0.2) is 0 Å². The van der Waals surface area contributed by atoms with E-state index in [1.807, 2.05) is 0 Å². The molecule has 0 aliphatic heterocycles. The minimum atomic E-state index is -3.98.